The summed E-state index contributed by atoms with van der Waals surface area (Å²) in [6, 6.07) is 13.3. The predicted molar refractivity (Wildman–Crippen MR) is 88.4 cm³/mol. The molecule has 0 spiro atoms. The van der Waals surface area contributed by atoms with Gasteiger partial charge < -0.3 is 10.4 Å². The van der Waals surface area contributed by atoms with Crippen LogP contribution in [0.15, 0.2) is 48.5 Å². The van der Waals surface area contributed by atoms with E-state index >= 15 is 0 Å². The fourth-order valence-electron chi connectivity index (χ4n) is 2.69. The Hall–Kier alpha value is -2.82. The van der Waals surface area contributed by atoms with Crippen molar-refractivity contribution < 1.29 is 14.7 Å². The molecule has 0 saturated carbocycles. The number of benzene rings is 2. The Labute approximate surface area is 134 Å². The molecular formula is C18H18N2O3. The molecule has 1 unspecified atom stereocenters. The van der Waals surface area contributed by atoms with Crippen LogP contribution in [0.1, 0.15) is 18.9 Å². The zero-order valence-corrected chi connectivity index (χ0v) is 12.8. The lowest BCUT2D eigenvalue weighted by atomic mass is 10.1. The summed E-state index contributed by atoms with van der Waals surface area (Å²) in [5.41, 5.74) is 2.36. The number of nitrogens with one attached hydrogen (secondary N) is 1. The van der Waals surface area contributed by atoms with Gasteiger partial charge in [0.25, 0.3) is 5.91 Å². The van der Waals surface area contributed by atoms with Gasteiger partial charge in [-0.2, -0.15) is 0 Å². The highest BCUT2D eigenvalue weighted by molar-refractivity contribution is 6.23. The standard InChI is InChI=1S/C18H18N2O3/c1-2-12-6-8-14(9-7-12)20-17(22)11-16(18(20)23)19-13-4-3-5-15(21)10-13/h3-10,16,19,21H,2,11H2,1H3. The molecule has 5 nitrogen and oxygen atoms in total. The van der Waals surface area contributed by atoms with Crippen LogP contribution in [0.5, 0.6) is 5.75 Å². The quantitative estimate of drug-likeness (QED) is 0.852. The van der Waals surface area contributed by atoms with Gasteiger partial charge in [0, 0.05) is 11.8 Å². The van der Waals surface area contributed by atoms with Crippen molar-refractivity contribution in [2.24, 2.45) is 0 Å². The molecule has 1 aliphatic rings. The van der Waals surface area contributed by atoms with Crippen LogP contribution in [0.25, 0.3) is 0 Å². The number of imide groups is 1. The highest BCUT2D eigenvalue weighted by atomic mass is 16.3. The largest absolute Gasteiger partial charge is 0.508 e. The summed E-state index contributed by atoms with van der Waals surface area (Å²) < 4.78 is 0. The van der Waals surface area contributed by atoms with E-state index in [0.29, 0.717) is 11.4 Å². The average molecular weight is 310 g/mol. The smallest absolute Gasteiger partial charge is 0.256 e. The summed E-state index contributed by atoms with van der Waals surface area (Å²) in [4.78, 5) is 26.0. The molecule has 0 radical (unpaired) electrons. The second-order valence-electron chi connectivity index (χ2n) is 5.54. The number of carbonyl (C=O) groups excluding carboxylic acids is 2. The number of aryl methyl sites for hydroxylation is 1. The lowest BCUT2D eigenvalue weighted by Gasteiger charge is -2.16. The highest BCUT2D eigenvalue weighted by Gasteiger charge is 2.39. The van der Waals surface area contributed by atoms with E-state index in [4.69, 9.17) is 0 Å². The van der Waals surface area contributed by atoms with Crippen molar-refractivity contribution in [2.45, 2.75) is 25.8 Å². The zero-order chi connectivity index (χ0) is 16.4. The Morgan fingerprint density at radius 2 is 1.91 bits per heavy atom. The molecule has 1 saturated heterocycles. The summed E-state index contributed by atoms with van der Waals surface area (Å²) in [6.45, 7) is 2.05. The van der Waals surface area contributed by atoms with E-state index in [-0.39, 0.29) is 24.0 Å². The third-order valence-corrected chi connectivity index (χ3v) is 3.94. The number of nitrogens with zero attached hydrogens (tertiary/aromatic N) is 1. The molecule has 2 aromatic rings. The first-order valence-electron chi connectivity index (χ1n) is 7.60. The first kappa shape index (κ1) is 15.1. The second kappa shape index (κ2) is 6.12. The van der Waals surface area contributed by atoms with E-state index in [1.165, 1.54) is 11.0 Å². The summed E-state index contributed by atoms with van der Waals surface area (Å²) in [6.07, 6.45) is 1.01. The van der Waals surface area contributed by atoms with E-state index < -0.39 is 6.04 Å². The van der Waals surface area contributed by atoms with Crippen molar-refractivity contribution in [3.63, 3.8) is 0 Å². The third kappa shape index (κ3) is 3.04. The topological polar surface area (TPSA) is 69.6 Å². The molecule has 1 atom stereocenters. The number of carbonyl (C=O) groups is 2. The van der Waals surface area contributed by atoms with Crippen molar-refractivity contribution in [3.8, 4) is 5.75 Å². The van der Waals surface area contributed by atoms with Crippen LogP contribution in [-0.2, 0) is 16.0 Å². The number of aromatic hydroxyl groups is 1. The molecule has 1 fully saturated rings. The Bertz CT molecular complexity index is 740. The molecule has 1 aliphatic heterocycles. The second-order valence-corrected chi connectivity index (χ2v) is 5.54. The van der Waals surface area contributed by atoms with Gasteiger partial charge in [0.1, 0.15) is 11.8 Å². The Morgan fingerprint density at radius 3 is 2.57 bits per heavy atom. The van der Waals surface area contributed by atoms with Gasteiger partial charge in [-0.15, -0.1) is 0 Å². The summed E-state index contributed by atoms with van der Waals surface area (Å²) in [5.74, 6) is -0.390. The molecule has 0 aliphatic carbocycles. The number of hydrogen-bond acceptors (Lipinski definition) is 4. The van der Waals surface area contributed by atoms with Gasteiger partial charge in [-0.25, -0.2) is 4.90 Å². The zero-order valence-electron chi connectivity index (χ0n) is 12.8. The lowest BCUT2D eigenvalue weighted by molar-refractivity contribution is -0.121. The maximum Gasteiger partial charge on any atom is 0.256 e. The van der Waals surface area contributed by atoms with Gasteiger partial charge in [0.05, 0.1) is 12.1 Å². The van der Waals surface area contributed by atoms with E-state index in [1.807, 2.05) is 12.1 Å². The van der Waals surface area contributed by atoms with Crippen molar-refractivity contribution in [1.29, 1.82) is 0 Å². The first-order valence-corrected chi connectivity index (χ1v) is 7.60. The van der Waals surface area contributed by atoms with Gasteiger partial charge >= 0.3 is 0 Å². The number of anilines is 2. The number of hydrogen-bond donors (Lipinski definition) is 2. The number of phenolic OH excluding ortho intramolecular Hbond substituents is 1. The van der Waals surface area contributed by atoms with Crippen molar-refractivity contribution >= 4 is 23.2 Å². The molecule has 2 N–H and O–H groups in total. The van der Waals surface area contributed by atoms with E-state index in [0.717, 1.165) is 12.0 Å². The van der Waals surface area contributed by atoms with Crippen LogP contribution in [-0.4, -0.2) is 23.0 Å². The SMILES string of the molecule is CCc1ccc(N2C(=O)CC(Nc3cccc(O)c3)C2=O)cc1. The minimum Gasteiger partial charge on any atom is -0.508 e. The molecule has 1 heterocycles. The Morgan fingerprint density at radius 1 is 1.17 bits per heavy atom. The minimum atomic E-state index is -0.616. The fraction of sp³-hybridized carbons (Fsp3) is 0.222. The highest BCUT2D eigenvalue weighted by Crippen LogP contribution is 2.26. The molecule has 2 aromatic carbocycles. The molecule has 3 rings (SSSR count). The van der Waals surface area contributed by atoms with Gasteiger partial charge in [-0.3, -0.25) is 9.59 Å². The molecule has 2 amide bonds. The lowest BCUT2D eigenvalue weighted by Crippen LogP contribution is -2.34. The maximum absolute atomic E-state index is 12.5. The summed E-state index contributed by atoms with van der Waals surface area (Å²) in [7, 11) is 0. The van der Waals surface area contributed by atoms with Gasteiger partial charge in [0.2, 0.25) is 5.91 Å². The summed E-state index contributed by atoms with van der Waals surface area (Å²) >= 11 is 0. The number of amides is 2. The average Bonchev–Trinajstić information content (AvgIpc) is 2.81. The summed E-state index contributed by atoms with van der Waals surface area (Å²) in [5, 5.41) is 12.5. The van der Waals surface area contributed by atoms with Crippen molar-refractivity contribution in [2.75, 3.05) is 10.2 Å². The third-order valence-electron chi connectivity index (χ3n) is 3.94. The van der Waals surface area contributed by atoms with Crippen LogP contribution < -0.4 is 10.2 Å². The first-order chi connectivity index (χ1) is 11.1. The van der Waals surface area contributed by atoms with E-state index in [2.05, 4.69) is 12.2 Å². The minimum absolute atomic E-state index is 0.101. The van der Waals surface area contributed by atoms with E-state index in [9.17, 15) is 14.7 Å². The van der Waals surface area contributed by atoms with Crippen LogP contribution in [0, 0.1) is 0 Å². The number of phenols is 1. The molecule has 23 heavy (non-hydrogen) atoms. The Kier molecular flexibility index (Phi) is 4.02. The number of rotatable bonds is 4. The molecule has 0 bridgehead atoms. The van der Waals surface area contributed by atoms with Gasteiger partial charge in [0.15, 0.2) is 0 Å². The maximum atomic E-state index is 12.5. The van der Waals surface area contributed by atoms with Crippen molar-refractivity contribution in [3.05, 3.63) is 54.1 Å². The normalized spacial score (nSPS) is 17.6. The van der Waals surface area contributed by atoms with Crippen molar-refractivity contribution in [1.82, 2.24) is 0 Å². The molecule has 0 aromatic heterocycles. The molecule has 118 valence electrons. The Balaban J connectivity index is 1.79. The van der Waals surface area contributed by atoms with Crippen LogP contribution in [0.4, 0.5) is 11.4 Å². The van der Waals surface area contributed by atoms with Crippen LogP contribution in [0.2, 0.25) is 0 Å². The fourth-order valence-corrected chi connectivity index (χ4v) is 2.69. The van der Waals surface area contributed by atoms with Gasteiger partial charge in [-0.1, -0.05) is 25.1 Å². The predicted octanol–water partition coefficient (Wildman–Crippen LogP) is 2.70. The van der Waals surface area contributed by atoms with E-state index in [1.54, 1.807) is 30.3 Å². The molecule has 5 heteroatoms. The van der Waals surface area contributed by atoms with Gasteiger partial charge in [-0.05, 0) is 36.2 Å². The molecular weight excluding hydrogens is 292 g/mol. The monoisotopic (exact) mass is 310 g/mol. The van der Waals surface area contributed by atoms with Crippen LogP contribution >= 0.6 is 0 Å². The van der Waals surface area contributed by atoms with Crippen LogP contribution in [0.3, 0.4) is 0 Å².